The lowest BCUT2D eigenvalue weighted by molar-refractivity contribution is -0.123. The van der Waals surface area contributed by atoms with Crippen molar-refractivity contribution in [1.82, 2.24) is 15.0 Å². The van der Waals surface area contributed by atoms with Gasteiger partial charge in [-0.1, -0.05) is 35.5 Å². The first kappa shape index (κ1) is 9.36. The lowest BCUT2D eigenvalue weighted by atomic mass is 9.45. The first-order valence-electron chi connectivity index (χ1n) is 5.96. The average molecular weight is 226 g/mol. The molecule has 0 unspecified atom stereocenters. The summed E-state index contributed by atoms with van der Waals surface area (Å²) in [6, 6.07) is 10.2. The summed E-state index contributed by atoms with van der Waals surface area (Å²) in [6.07, 6.45) is 5.21. The van der Waals surface area contributed by atoms with Crippen LogP contribution in [-0.2, 0) is 5.54 Å². The Labute approximate surface area is 99.4 Å². The highest BCUT2D eigenvalue weighted by Crippen LogP contribution is 2.63. The van der Waals surface area contributed by atoms with E-state index in [9.17, 15) is 0 Å². The van der Waals surface area contributed by atoms with Crippen LogP contribution in [-0.4, -0.2) is 20.5 Å². The summed E-state index contributed by atoms with van der Waals surface area (Å²) in [5, 5.41) is 8.52. The molecule has 3 aliphatic carbocycles. The van der Waals surface area contributed by atoms with Crippen LogP contribution in [0.5, 0.6) is 0 Å². The van der Waals surface area contributed by atoms with Gasteiger partial charge in [0.1, 0.15) is 5.69 Å². The van der Waals surface area contributed by atoms with E-state index in [1.165, 1.54) is 0 Å². The van der Waals surface area contributed by atoms with Gasteiger partial charge in [-0.15, -0.1) is 5.10 Å². The zero-order valence-corrected chi connectivity index (χ0v) is 9.50. The number of hydrogen-bond acceptors (Lipinski definition) is 3. The molecule has 3 fully saturated rings. The summed E-state index contributed by atoms with van der Waals surface area (Å²) >= 11 is 0. The summed E-state index contributed by atoms with van der Waals surface area (Å²) in [4.78, 5) is 0. The molecule has 2 N–H and O–H groups in total. The van der Waals surface area contributed by atoms with Gasteiger partial charge in [-0.25, -0.2) is 4.68 Å². The highest BCUT2D eigenvalue weighted by molar-refractivity contribution is 5.57. The van der Waals surface area contributed by atoms with Crippen molar-refractivity contribution < 1.29 is 0 Å². The van der Waals surface area contributed by atoms with E-state index in [1.807, 2.05) is 29.1 Å². The summed E-state index contributed by atoms with van der Waals surface area (Å²) in [7, 11) is 0. The molecule has 5 rings (SSSR count). The predicted molar refractivity (Wildman–Crippen MR) is 64.2 cm³/mol. The van der Waals surface area contributed by atoms with Crippen LogP contribution in [0.25, 0.3) is 11.3 Å². The maximum absolute atomic E-state index is 6.07. The number of aromatic nitrogens is 3. The molecule has 2 aromatic rings. The molecule has 17 heavy (non-hydrogen) atoms. The van der Waals surface area contributed by atoms with Gasteiger partial charge in [0.25, 0.3) is 0 Å². The second kappa shape index (κ2) is 2.76. The Bertz CT molecular complexity index is 552. The first-order chi connectivity index (χ1) is 8.19. The van der Waals surface area contributed by atoms with E-state index in [1.54, 1.807) is 0 Å². The third-order valence-electron chi connectivity index (χ3n) is 4.09. The molecule has 0 atom stereocenters. The van der Waals surface area contributed by atoms with E-state index in [4.69, 9.17) is 5.73 Å². The van der Waals surface area contributed by atoms with Gasteiger partial charge in [0.05, 0.1) is 11.7 Å². The summed E-state index contributed by atoms with van der Waals surface area (Å²) in [5.74, 6) is 0. The minimum absolute atomic E-state index is 0.110. The Kier molecular flexibility index (Phi) is 1.52. The zero-order valence-electron chi connectivity index (χ0n) is 9.50. The molecule has 3 aliphatic rings. The smallest absolute Gasteiger partial charge is 0.113 e. The minimum Gasteiger partial charge on any atom is -0.325 e. The van der Waals surface area contributed by atoms with Gasteiger partial charge in [-0.3, -0.25) is 0 Å². The van der Waals surface area contributed by atoms with Gasteiger partial charge < -0.3 is 5.73 Å². The van der Waals surface area contributed by atoms with Crippen molar-refractivity contribution in [3.63, 3.8) is 0 Å². The second-order valence-corrected chi connectivity index (χ2v) is 5.53. The van der Waals surface area contributed by atoms with Gasteiger partial charge in [0.15, 0.2) is 0 Å². The van der Waals surface area contributed by atoms with E-state index in [-0.39, 0.29) is 11.1 Å². The Balaban J connectivity index is 1.67. The fourth-order valence-electron chi connectivity index (χ4n) is 3.29. The maximum Gasteiger partial charge on any atom is 0.113 e. The molecule has 4 heteroatoms. The molecule has 0 saturated heterocycles. The molecule has 2 bridgehead atoms. The molecule has 0 radical (unpaired) electrons. The monoisotopic (exact) mass is 226 g/mol. The predicted octanol–water partition coefficient (Wildman–Crippen LogP) is 1.54. The fourth-order valence-corrected chi connectivity index (χ4v) is 3.29. The van der Waals surface area contributed by atoms with Crippen LogP contribution in [0.3, 0.4) is 0 Å². The van der Waals surface area contributed by atoms with Crippen molar-refractivity contribution in [1.29, 1.82) is 0 Å². The number of nitrogens with zero attached hydrogens (tertiary/aromatic N) is 3. The maximum atomic E-state index is 6.07. The number of rotatable bonds is 2. The van der Waals surface area contributed by atoms with Gasteiger partial charge in [-0.2, -0.15) is 0 Å². The third-order valence-corrected chi connectivity index (χ3v) is 4.09. The lowest BCUT2D eigenvalue weighted by Gasteiger charge is -2.68. The molecular formula is C13H14N4. The van der Waals surface area contributed by atoms with Crippen LogP contribution in [0.1, 0.15) is 19.3 Å². The lowest BCUT2D eigenvalue weighted by Crippen LogP contribution is -2.76. The molecule has 1 aromatic heterocycles. The van der Waals surface area contributed by atoms with Crippen molar-refractivity contribution in [3.05, 3.63) is 36.5 Å². The number of benzene rings is 1. The summed E-state index contributed by atoms with van der Waals surface area (Å²) in [5.41, 5.74) is 8.43. The highest BCUT2D eigenvalue weighted by Gasteiger charge is 2.67. The molecule has 4 nitrogen and oxygen atoms in total. The van der Waals surface area contributed by atoms with Crippen molar-refractivity contribution in [2.45, 2.75) is 30.3 Å². The standard InChI is InChI=1S/C13H14N4/c14-12-7-13(8-12,9-12)17-6-11(15-16-17)10-4-2-1-3-5-10/h1-6H,7-9,14H2. The molecule has 0 amide bonds. The Morgan fingerprint density at radius 3 is 2.47 bits per heavy atom. The molecule has 1 aromatic carbocycles. The van der Waals surface area contributed by atoms with Crippen LogP contribution in [0.4, 0.5) is 0 Å². The van der Waals surface area contributed by atoms with Crippen molar-refractivity contribution >= 4 is 0 Å². The number of nitrogens with two attached hydrogens (primary N) is 1. The van der Waals surface area contributed by atoms with Crippen molar-refractivity contribution in [2.24, 2.45) is 5.73 Å². The average Bonchev–Trinajstić information content (AvgIpc) is 2.74. The van der Waals surface area contributed by atoms with E-state index in [2.05, 4.69) is 22.4 Å². The largest absolute Gasteiger partial charge is 0.325 e. The topological polar surface area (TPSA) is 56.7 Å². The van der Waals surface area contributed by atoms with Crippen LogP contribution in [0.2, 0.25) is 0 Å². The Hall–Kier alpha value is -1.68. The normalized spacial score (nSPS) is 33.9. The molecule has 86 valence electrons. The van der Waals surface area contributed by atoms with Crippen LogP contribution >= 0.6 is 0 Å². The van der Waals surface area contributed by atoms with Crippen LogP contribution in [0.15, 0.2) is 36.5 Å². The molecular weight excluding hydrogens is 212 g/mol. The minimum atomic E-state index is 0.110. The Morgan fingerprint density at radius 1 is 1.12 bits per heavy atom. The van der Waals surface area contributed by atoms with Crippen molar-refractivity contribution in [3.8, 4) is 11.3 Å². The molecule has 3 saturated carbocycles. The summed E-state index contributed by atoms with van der Waals surface area (Å²) < 4.78 is 2.02. The van der Waals surface area contributed by atoms with Crippen molar-refractivity contribution in [2.75, 3.05) is 0 Å². The van der Waals surface area contributed by atoms with Gasteiger partial charge in [0, 0.05) is 11.1 Å². The molecule has 0 spiro atoms. The zero-order chi connectivity index (χ0) is 11.5. The summed E-state index contributed by atoms with van der Waals surface area (Å²) in [6.45, 7) is 0. The Morgan fingerprint density at radius 2 is 1.82 bits per heavy atom. The van der Waals surface area contributed by atoms with Gasteiger partial charge >= 0.3 is 0 Å². The van der Waals surface area contributed by atoms with E-state index >= 15 is 0 Å². The fraction of sp³-hybridized carbons (Fsp3) is 0.385. The van der Waals surface area contributed by atoms with E-state index in [0.29, 0.717) is 0 Å². The van der Waals surface area contributed by atoms with Gasteiger partial charge in [0.2, 0.25) is 0 Å². The second-order valence-electron chi connectivity index (χ2n) is 5.53. The highest BCUT2D eigenvalue weighted by atomic mass is 15.5. The number of hydrogen-bond donors (Lipinski definition) is 1. The van der Waals surface area contributed by atoms with Crippen LogP contribution < -0.4 is 5.73 Å². The SMILES string of the molecule is NC12CC(n3cc(-c4ccccc4)nn3)(C1)C2. The van der Waals surface area contributed by atoms with Crippen LogP contribution in [0, 0.1) is 0 Å². The quantitative estimate of drug-likeness (QED) is 0.845. The van der Waals surface area contributed by atoms with Gasteiger partial charge in [-0.05, 0) is 19.3 Å². The third kappa shape index (κ3) is 1.16. The van der Waals surface area contributed by atoms with E-state index < -0.39 is 0 Å². The molecule has 1 heterocycles. The van der Waals surface area contributed by atoms with E-state index in [0.717, 1.165) is 30.5 Å². The first-order valence-corrected chi connectivity index (χ1v) is 5.96. The molecule has 0 aliphatic heterocycles.